The van der Waals surface area contributed by atoms with Gasteiger partial charge in [-0.05, 0) is 76.7 Å². The third-order valence-corrected chi connectivity index (χ3v) is 10.5. The molecule has 0 fully saturated rings. The molecule has 48 heavy (non-hydrogen) atoms. The highest BCUT2D eigenvalue weighted by atomic mass is 32.1. The summed E-state index contributed by atoms with van der Waals surface area (Å²) < 4.78 is 5.21. The van der Waals surface area contributed by atoms with Gasteiger partial charge in [0.25, 0.3) is 0 Å². The van der Waals surface area contributed by atoms with Crippen LogP contribution in [0.25, 0.3) is 94.1 Å². The maximum Gasteiger partial charge on any atom is 0.0915 e. The molecule has 0 atom stereocenters. The van der Waals surface area contributed by atoms with Crippen LogP contribution in [-0.2, 0) is 0 Å². The van der Waals surface area contributed by atoms with Gasteiger partial charge < -0.3 is 4.57 Å². The number of benzene rings is 4. The molecule has 0 saturated carbocycles. The van der Waals surface area contributed by atoms with Crippen molar-refractivity contribution in [2.75, 3.05) is 0 Å². The van der Waals surface area contributed by atoms with Crippen LogP contribution in [-0.4, -0.2) is 19.5 Å². The van der Waals surface area contributed by atoms with Gasteiger partial charge in [-0.15, -0.1) is 11.3 Å². The molecule has 1 aliphatic carbocycles. The smallest absolute Gasteiger partial charge is 0.0915 e. The van der Waals surface area contributed by atoms with E-state index in [2.05, 4.69) is 89.5 Å². The minimum absolute atomic E-state index is 0.818. The Morgan fingerprint density at radius 2 is 1.23 bits per heavy atom. The van der Waals surface area contributed by atoms with E-state index in [0.717, 1.165) is 41.3 Å². The average Bonchev–Trinajstić information content (AvgIpc) is 3.73. The maximum absolute atomic E-state index is 5.12. The second kappa shape index (κ2) is 11.5. The van der Waals surface area contributed by atoms with Crippen molar-refractivity contribution >= 4 is 76.9 Å². The topological polar surface area (TPSA) is 43.6 Å². The lowest BCUT2D eigenvalue weighted by Gasteiger charge is -2.14. The van der Waals surface area contributed by atoms with E-state index >= 15 is 0 Å². The van der Waals surface area contributed by atoms with Gasteiger partial charge in [0.15, 0.2) is 0 Å². The van der Waals surface area contributed by atoms with Gasteiger partial charge in [0.2, 0.25) is 0 Å². The van der Waals surface area contributed by atoms with Crippen molar-refractivity contribution in [1.82, 2.24) is 19.5 Å². The molecule has 0 aliphatic heterocycles. The largest absolute Gasteiger partial charge is 0.308 e. The third kappa shape index (κ3) is 4.31. The Hall–Kier alpha value is -5.65. The normalized spacial score (nSPS) is 12.5. The molecule has 4 aromatic carbocycles. The van der Waals surface area contributed by atoms with E-state index in [-0.39, 0.29) is 0 Å². The van der Waals surface area contributed by atoms with Gasteiger partial charge >= 0.3 is 0 Å². The van der Waals surface area contributed by atoms with Crippen molar-refractivity contribution in [3.8, 4) is 28.5 Å². The summed E-state index contributed by atoms with van der Waals surface area (Å²) in [6, 6.07) is 38.7. The second-order valence-corrected chi connectivity index (χ2v) is 12.9. The maximum atomic E-state index is 5.12. The van der Waals surface area contributed by atoms with Crippen molar-refractivity contribution in [3.05, 3.63) is 131 Å². The molecular formula is C43H32N4S. The molecule has 230 valence electrons. The molecule has 5 heterocycles. The lowest BCUT2D eigenvalue weighted by atomic mass is 9.97. The zero-order chi connectivity index (χ0) is 32.2. The summed E-state index contributed by atoms with van der Waals surface area (Å²) in [4.78, 5) is 14.5. The predicted octanol–water partition coefficient (Wildman–Crippen LogP) is 10.2. The Morgan fingerprint density at radius 3 is 1.94 bits per heavy atom. The van der Waals surface area contributed by atoms with E-state index in [1.54, 1.807) is 0 Å². The quantitative estimate of drug-likeness (QED) is 0.194. The standard InChI is InChI=1S/C41H26N4S.C2H6/c1-2-12-27-25(11-1)19-20-35-37(27)38-28-13-3-4-14-29(28)41-39(30-15-5-6-18-36(30)46-41)40(38)45(35)26-23-33(31-16-7-9-21-42-31)44-34(24-26)32-17-8-10-22-43-32;1-2/h1-4,7-24H,5-6H2;1-2H3. The van der Waals surface area contributed by atoms with Crippen LogP contribution in [0.5, 0.6) is 0 Å². The summed E-state index contributed by atoms with van der Waals surface area (Å²) in [5, 5.41) is 10.4. The van der Waals surface area contributed by atoms with E-state index in [1.807, 2.05) is 74.0 Å². The predicted molar refractivity (Wildman–Crippen MR) is 204 cm³/mol. The van der Waals surface area contributed by atoms with Crippen molar-refractivity contribution in [2.24, 2.45) is 0 Å². The van der Waals surface area contributed by atoms with Crippen LogP contribution in [0.1, 0.15) is 26.7 Å². The van der Waals surface area contributed by atoms with Crippen molar-refractivity contribution in [1.29, 1.82) is 0 Å². The molecule has 0 radical (unpaired) electrons. The number of fused-ring (bicyclic) bond motifs is 12. The van der Waals surface area contributed by atoms with E-state index in [4.69, 9.17) is 15.0 Å². The Labute approximate surface area is 282 Å². The summed E-state index contributed by atoms with van der Waals surface area (Å²) >= 11 is 1.93. The third-order valence-electron chi connectivity index (χ3n) is 9.28. The molecule has 0 unspecified atom stereocenters. The zero-order valence-electron chi connectivity index (χ0n) is 26.8. The molecular weight excluding hydrogens is 605 g/mol. The molecule has 0 saturated heterocycles. The fraction of sp³-hybridized carbons (Fsp3) is 0.0930. The first-order valence-electron chi connectivity index (χ1n) is 16.7. The first-order valence-corrected chi connectivity index (χ1v) is 17.5. The zero-order valence-corrected chi connectivity index (χ0v) is 27.6. The number of nitrogens with zero attached hydrogens (tertiary/aromatic N) is 4. The minimum atomic E-state index is 0.818. The number of thiophene rings is 1. The molecule has 9 aromatic rings. The Balaban J connectivity index is 0.00000154. The monoisotopic (exact) mass is 636 g/mol. The number of hydrogen-bond donors (Lipinski definition) is 0. The Morgan fingerprint density at radius 1 is 0.583 bits per heavy atom. The SMILES string of the molecule is C1=c2sc3c4ccccc4c4c5c6ccccc6ccc5n(-c5cc(-c6ccccn6)nc(-c6ccccn6)c5)c4c3c2=CCC1.CC. The summed E-state index contributed by atoms with van der Waals surface area (Å²) in [6.07, 6.45) is 10.7. The van der Waals surface area contributed by atoms with Gasteiger partial charge in [-0.1, -0.05) is 92.7 Å². The van der Waals surface area contributed by atoms with Gasteiger partial charge in [0.05, 0.1) is 39.5 Å². The molecule has 1 aliphatic rings. The first-order chi connectivity index (χ1) is 23.8. The highest BCUT2D eigenvalue weighted by Crippen LogP contribution is 2.45. The highest BCUT2D eigenvalue weighted by molar-refractivity contribution is 7.18. The Kier molecular flexibility index (Phi) is 6.87. The number of aromatic nitrogens is 4. The molecule has 0 spiro atoms. The lowest BCUT2D eigenvalue weighted by Crippen LogP contribution is -2.21. The van der Waals surface area contributed by atoms with Crippen LogP contribution in [0.2, 0.25) is 0 Å². The van der Waals surface area contributed by atoms with Gasteiger partial charge in [0.1, 0.15) is 0 Å². The fourth-order valence-corrected chi connectivity index (χ4v) is 8.66. The summed E-state index contributed by atoms with van der Waals surface area (Å²) in [5.74, 6) is 0. The minimum Gasteiger partial charge on any atom is -0.308 e. The van der Waals surface area contributed by atoms with E-state index < -0.39 is 0 Å². The highest BCUT2D eigenvalue weighted by Gasteiger charge is 2.23. The lowest BCUT2D eigenvalue weighted by molar-refractivity contribution is 1.13. The Bertz CT molecular complexity index is 2740. The molecule has 5 aromatic heterocycles. The number of pyridine rings is 3. The number of rotatable bonds is 3. The van der Waals surface area contributed by atoms with Gasteiger partial charge in [0, 0.05) is 43.2 Å². The van der Waals surface area contributed by atoms with Crippen LogP contribution in [0, 0.1) is 0 Å². The van der Waals surface area contributed by atoms with E-state index in [0.29, 0.717) is 0 Å². The number of hydrogen-bond acceptors (Lipinski definition) is 4. The molecule has 5 heteroatoms. The molecule has 10 rings (SSSR count). The summed E-state index contributed by atoms with van der Waals surface area (Å²) in [6.45, 7) is 4.00. The van der Waals surface area contributed by atoms with Crippen LogP contribution in [0.4, 0.5) is 0 Å². The van der Waals surface area contributed by atoms with Crippen LogP contribution < -0.4 is 9.75 Å². The van der Waals surface area contributed by atoms with Crippen LogP contribution >= 0.6 is 11.3 Å². The van der Waals surface area contributed by atoms with Gasteiger partial charge in [-0.2, -0.15) is 0 Å². The summed E-state index contributed by atoms with van der Waals surface area (Å²) in [5.41, 5.74) is 6.77. The van der Waals surface area contributed by atoms with Gasteiger partial charge in [-0.3, -0.25) is 9.97 Å². The van der Waals surface area contributed by atoms with Crippen LogP contribution in [0.3, 0.4) is 0 Å². The molecule has 0 amide bonds. The van der Waals surface area contributed by atoms with Crippen LogP contribution in [0.15, 0.2) is 122 Å². The van der Waals surface area contributed by atoms with Crippen molar-refractivity contribution in [2.45, 2.75) is 26.7 Å². The van der Waals surface area contributed by atoms with Crippen molar-refractivity contribution in [3.63, 3.8) is 0 Å². The van der Waals surface area contributed by atoms with Crippen molar-refractivity contribution < 1.29 is 0 Å². The summed E-state index contributed by atoms with van der Waals surface area (Å²) in [7, 11) is 0. The average molecular weight is 637 g/mol. The van der Waals surface area contributed by atoms with Gasteiger partial charge in [-0.25, -0.2) is 4.98 Å². The van der Waals surface area contributed by atoms with E-state index in [1.165, 1.54) is 63.2 Å². The fourth-order valence-electron chi connectivity index (χ4n) is 7.34. The van der Waals surface area contributed by atoms with E-state index in [9.17, 15) is 0 Å². The first kappa shape index (κ1) is 28.6. The second-order valence-electron chi connectivity index (χ2n) is 11.9. The molecule has 0 bridgehead atoms. The molecule has 4 nitrogen and oxygen atoms in total. The molecule has 0 N–H and O–H groups in total.